The number of rotatable bonds is 8. The van der Waals surface area contributed by atoms with Crippen molar-refractivity contribution in [2.24, 2.45) is 0 Å². The van der Waals surface area contributed by atoms with Crippen LogP contribution in [0.3, 0.4) is 0 Å². The lowest BCUT2D eigenvalue weighted by molar-refractivity contribution is -0.0791. The van der Waals surface area contributed by atoms with E-state index in [1.165, 1.54) is 12.0 Å². The van der Waals surface area contributed by atoms with Crippen molar-refractivity contribution in [2.45, 2.75) is 44.9 Å². The predicted molar refractivity (Wildman–Crippen MR) is 113 cm³/mol. The van der Waals surface area contributed by atoms with Crippen LogP contribution in [0.15, 0.2) is 60.7 Å². The van der Waals surface area contributed by atoms with E-state index >= 15 is 0 Å². The van der Waals surface area contributed by atoms with Crippen molar-refractivity contribution in [3.05, 3.63) is 66.2 Å². The lowest BCUT2D eigenvalue weighted by atomic mass is 10.1. The van der Waals surface area contributed by atoms with Gasteiger partial charge in [-0.05, 0) is 37.1 Å². The summed E-state index contributed by atoms with van der Waals surface area (Å²) in [6.45, 7) is 6.07. The highest BCUT2D eigenvalue weighted by Crippen LogP contribution is 2.25. The van der Waals surface area contributed by atoms with Crippen LogP contribution in [0.4, 0.5) is 0 Å². The molecule has 2 unspecified atom stereocenters. The lowest BCUT2D eigenvalue weighted by Crippen LogP contribution is -2.43. The normalized spacial score (nSPS) is 20.0. The largest absolute Gasteiger partial charge is 0.368 e. The minimum Gasteiger partial charge on any atom is -0.368 e. The first-order chi connectivity index (χ1) is 14.3. The van der Waals surface area contributed by atoms with Crippen molar-refractivity contribution >= 4 is 0 Å². The summed E-state index contributed by atoms with van der Waals surface area (Å²) in [4.78, 5) is 4.25. The Kier molecular flexibility index (Phi) is 6.64. The highest BCUT2D eigenvalue weighted by atomic mass is 16.5. The SMILES string of the molecule is CC1CN(CCCCCn2nnc(-c3ccccc3)n2)CC(c2ccccc2)O1. The second kappa shape index (κ2) is 9.76. The molecule has 6 nitrogen and oxygen atoms in total. The van der Waals surface area contributed by atoms with Gasteiger partial charge in [0.05, 0.1) is 18.8 Å². The maximum atomic E-state index is 6.16. The molecule has 2 aromatic carbocycles. The Labute approximate surface area is 172 Å². The van der Waals surface area contributed by atoms with Crippen LogP contribution in [0.5, 0.6) is 0 Å². The minimum atomic E-state index is 0.177. The van der Waals surface area contributed by atoms with Crippen LogP contribution in [0, 0.1) is 0 Å². The molecule has 4 rings (SSSR count). The van der Waals surface area contributed by atoms with Crippen molar-refractivity contribution in [1.82, 2.24) is 25.1 Å². The number of benzene rings is 2. The van der Waals surface area contributed by atoms with E-state index in [4.69, 9.17) is 4.74 Å². The number of hydrogen-bond acceptors (Lipinski definition) is 5. The second-order valence-corrected chi connectivity index (χ2v) is 7.74. The van der Waals surface area contributed by atoms with Gasteiger partial charge in [0.25, 0.3) is 0 Å². The van der Waals surface area contributed by atoms with Gasteiger partial charge in [0.2, 0.25) is 5.82 Å². The van der Waals surface area contributed by atoms with Gasteiger partial charge in [-0.25, -0.2) is 0 Å². The molecule has 0 spiro atoms. The first-order valence-corrected chi connectivity index (χ1v) is 10.5. The second-order valence-electron chi connectivity index (χ2n) is 7.74. The Bertz CT molecular complexity index is 867. The van der Waals surface area contributed by atoms with E-state index in [2.05, 4.69) is 57.6 Å². The number of aromatic nitrogens is 4. The van der Waals surface area contributed by atoms with Gasteiger partial charge in [0.1, 0.15) is 0 Å². The molecule has 1 aliphatic rings. The molecule has 0 amide bonds. The Morgan fingerprint density at radius 2 is 1.62 bits per heavy atom. The van der Waals surface area contributed by atoms with Crippen LogP contribution in [0.25, 0.3) is 11.4 Å². The number of tetrazole rings is 1. The van der Waals surface area contributed by atoms with Crippen LogP contribution in [0.2, 0.25) is 0 Å². The van der Waals surface area contributed by atoms with E-state index in [-0.39, 0.29) is 12.2 Å². The average Bonchev–Trinajstić information content (AvgIpc) is 3.23. The summed E-state index contributed by atoms with van der Waals surface area (Å²) in [5, 5.41) is 12.8. The van der Waals surface area contributed by atoms with Crippen LogP contribution in [-0.2, 0) is 11.3 Å². The standard InChI is InChI=1S/C23H29N5O/c1-19-17-27(18-22(29-19)20-11-5-2-6-12-20)15-9-4-10-16-28-25-23(24-26-28)21-13-7-3-8-14-21/h2-3,5-8,11-14,19,22H,4,9-10,15-18H2,1H3. The van der Waals surface area contributed by atoms with E-state index in [9.17, 15) is 0 Å². The highest BCUT2D eigenvalue weighted by molar-refractivity contribution is 5.52. The Morgan fingerprint density at radius 1 is 0.897 bits per heavy atom. The highest BCUT2D eigenvalue weighted by Gasteiger charge is 2.25. The molecule has 1 aromatic heterocycles. The first kappa shape index (κ1) is 19.7. The molecule has 1 aliphatic heterocycles. The molecule has 6 heteroatoms. The molecular weight excluding hydrogens is 362 g/mol. The Balaban J connectivity index is 1.19. The molecule has 1 fully saturated rings. The molecule has 2 heterocycles. The summed E-state index contributed by atoms with van der Waals surface area (Å²) in [5.74, 6) is 0.694. The molecule has 1 saturated heterocycles. The fraction of sp³-hybridized carbons (Fsp3) is 0.435. The number of hydrogen-bond donors (Lipinski definition) is 0. The fourth-order valence-corrected chi connectivity index (χ4v) is 3.88. The third kappa shape index (κ3) is 5.49. The topological polar surface area (TPSA) is 56.1 Å². The summed E-state index contributed by atoms with van der Waals surface area (Å²) < 4.78 is 6.16. The summed E-state index contributed by atoms with van der Waals surface area (Å²) in [6.07, 6.45) is 3.84. The summed E-state index contributed by atoms with van der Waals surface area (Å²) in [7, 11) is 0. The third-order valence-corrected chi connectivity index (χ3v) is 5.32. The van der Waals surface area contributed by atoms with Crippen LogP contribution >= 0.6 is 0 Å². The summed E-state index contributed by atoms with van der Waals surface area (Å²) >= 11 is 0. The molecule has 0 bridgehead atoms. The maximum Gasteiger partial charge on any atom is 0.204 e. The number of nitrogens with zero attached hydrogens (tertiary/aromatic N) is 5. The monoisotopic (exact) mass is 391 g/mol. The fourth-order valence-electron chi connectivity index (χ4n) is 3.88. The van der Waals surface area contributed by atoms with Crippen LogP contribution < -0.4 is 0 Å². The Morgan fingerprint density at radius 3 is 2.41 bits per heavy atom. The molecule has 0 saturated carbocycles. The minimum absolute atomic E-state index is 0.177. The summed E-state index contributed by atoms with van der Waals surface area (Å²) in [6, 6.07) is 20.5. The molecular formula is C23H29N5O. The van der Waals surface area contributed by atoms with Gasteiger partial charge in [-0.3, -0.25) is 4.90 Å². The molecule has 3 aromatic rings. The molecule has 2 atom stereocenters. The molecule has 29 heavy (non-hydrogen) atoms. The van der Waals surface area contributed by atoms with Crippen molar-refractivity contribution in [2.75, 3.05) is 19.6 Å². The number of morpholine rings is 1. The lowest BCUT2D eigenvalue weighted by Gasteiger charge is -2.37. The van der Waals surface area contributed by atoms with Gasteiger partial charge in [0.15, 0.2) is 0 Å². The van der Waals surface area contributed by atoms with E-state index in [0.29, 0.717) is 5.82 Å². The zero-order valence-electron chi connectivity index (χ0n) is 17.0. The summed E-state index contributed by atoms with van der Waals surface area (Å²) in [5.41, 5.74) is 2.28. The average molecular weight is 392 g/mol. The van der Waals surface area contributed by atoms with Crippen molar-refractivity contribution < 1.29 is 4.74 Å². The molecule has 152 valence electrons. The van der Waals surface area contributed by atoms with E-state index in [1.807, 2.05) is 30.3 Å². The smallest absolute Gasteiger partial charge is 0.204 e. The van der Waals surface area contributed by atoms with E-state index < -0.39 is 0 Å². The maximum absolute atomic E-state index is 6.16. The number of unbranched alkanes of at least 4 members (excludes halogenated alkanes) is 2. The zero-order chi connectivity index (χ0) is 19.9. The van der Waals surface area contributed by atoms with Gasteiger partial charge in [-0.2, -0.15) is 4.80 Å². The van der Waals surface area contributed by atoms with Crippen molar-refractivity contribution in [1.29, 1.82) is 0 Å². The van der Waals surface area contributed by atoms with Gasteiger partial charge >= 0.3 is 0 Å². The number of aryl methyl sites for hydroxylation is 1. The van der Waals surface area contributed by atoms with Crippen molar-refractivity contribution in [3.8, 4) is 11.4 Å². The predicted octanol–water partition coefficient (Wildman–Crippen LogP) is 3.97. The first-order valence-electron chi connectivity index (χ1n) is 10.5. The van der Waals surface area contributed by atoms with E-state index in [0.717, 1.165) is 44.6 Å². The molecule has 0 N–H and O–H groups in total. The van der Waals surface area contributed by atoms with Crippen LogP contribution in [-0.4, -0.2) is 50.8 Å². The van der Waals surface area contributed by atoms with E-state index in [1.54, 1.807) is 4.80 Å². The zero-order valence-corrected chi connectivity index (χ0v) is 17.0. The molecule has 0 aliphatic carbocycles. The third-order valence-electron chi connectivity index (χ3n) is 5.32. The van der Waals surface area contributed by atoms with Gasteiger partial charge < -0.3 is 4.74 Å². The van der Waals surface area contributed by atoms with Crippen LogP contribution in [0.1, 0.15) is 37.9 Å². The quantitative estimate of drug-likeness (QED) is 0.544. The van der Waals surface area contributed by atoms with Gasteiger partial charge in [-0.15, -0.1) is 10.2 Å². The van der Waals surface area contributed by atoms with Crippen molar-refractivity contribution in [3.63, 3.8) is 0 Å². The van der Waals surface area contributed by atoms with Gasteiger partial charge in [-0.1, -0.05) is 67.1 Å². The molecule has 0 radical (unpaired) electrons. The Hall–Kier alpha value is -2.57. The number of ether oxygens (including phenoxy) is 1. The van der Waals surface area contributed by atoms with Gasteiger partial charge in [0, 0.05) is 18.7 Å².